The third-order valence-corrected chi connectivity index (χ3v) is 5.70. The number of carbonyl (C=O) groups excluding carboxylic acids is 1. The van der Waals surface area contributed by atoms with Gasteiger partial charge in [0.1, 0.15) is 0 Å². The number of carbonyl (C=O) groups is 1. The molecule has 9 heteroatoms. The van der Waals surface area contributed by atoms with Crippen molar-refractivity contribution in [2.24, 2.45) is 0 Å². The zero-order valence-electron chi connectivity index (χ0n) is 14.1. The van der Waals surface area contributed by atoms with E-state index in [-0.39, 0.29) is 11.7 Å². The number of amides is 1. The van der Waals surface area contributed by atoms with Crippen LogP contribution in [0.3, 0.4) is 0 Å². The van der Waals surface area contributed by atoms with E-state index in [1.807, 2.05) is 16.7 Å². The lowest BCUT2D eigenvalue weighted by Gasteiger charge is -2.08. The Balaban J connectivity index is 1.70. The number of nitrogens with zero attached hydrogens (tertiary/aromatic N) is 4. The molecule has 0 fully saturated rings. The van der Waals surface area contributed by atoms with Crippen LogP contribution < -0.4 is 5.32 Å². The number of aromatic nitrogens is 4. The fraction of sp³-hybridized carbons (Fsp3) is 0.111. The summed E-state index contributed by atoms with van der Waals surface area (Å²) in [4.78, 5) is 16.3. The average Bonchev–Trinajstić information content (AvgIpc) is 3.07. The van der Waals surface area contributed by atoms with Crippen LogP contribution in [-0.2, 0) is 11.3 Å². The van der Waals surface area contributed by atoms with Gasteiger partial charge in [0.15, 0.2) is 11.0 Å². The second kappa shape index (κ2) is 9.16. The Labute approximate surface area is 174 Å². The quantitative estimate of drug-likeness (QED) is 0.406. The van der Waals surface area contributed by atoms with E-state index in [4.69, 9.17) is 11.6 Å². The summed E-state index contributed by atoms with van der Waals surface area (Å²) in [6, 6.07) is 8.98. The summed E-state index contributed by atoms with van der Waals surface area (Å²) >= 11 is 10.7. The number of halogens is 2. The number of anilines is 1. The van der Waals surface area contributed by atoms with E-state index >= 15 is 0 Å². The van der Waals surface area contributed by atoms with Gasteiger partial charge in [-0.05, 0) is 46.3 Å². The molecule has 1 amide bonds. The van der Waals surface area contributed by atoms with Crippen molar-refractivity contribution in [2.75, 3.05) is 11.1 Å². The van der Waals surface area contributed by atoms with Gasteiger partial charge in [0, 0.05) is 34.7 Å². The first-order valence-electron chi connectivity index (χ1n) is 7.90. The molecule has 0 aliphatic heterocycles. The first-order valence-corrected chi connectivity index (χ1v) is 10.1. The molecule has 2 aromatic heterocycles. The molecular formula is C18H15BrClN5OS. The van der Waals surface area contributed by atoms with Crippen LogP contribution in [0.4, 0.5) is 5.69 Å². The maximum Gasteiger partial charge on any atom is 0.234 e. The molecule has 0 aliphatic carbocycles. The molecule has 3 aromatic rings. The Morgan fingerprint density at radius 2 is 2.07 bits per heavy atom. The fourth-order valence-corrected chi connectivity index (χ4v) is 3.48. The highest BCUT2D eigenvalue weighted by Crippen LogP contribution is 2.26. The highest BCUT2D eigenvalue weighted by molar-refractivity contribution is 9.10. The number of hydrogen-bond acceptors (Lipinski definition) is 5. The number of nitrogens with one attached hydrogen (secondary N) is 1. The molecule has 1 N–H and O–H groups in total. The molecule has 0 bridgehead atoms. The van der Waals surface area contributed by atoms with Crippen molar-refractivity contribution in [1.29, 1.82) is 0 Å². The molecule has 0 atom stereocenters. The molecule has 0 saturated carbocycles. The van der Waals surface area contributed by atoms with E-state index in [2.05, 4.69) is 43.0 Å². The van der Waals surface area contributed by atoms with Gasteiger partial charge in [0.2, 0.25) is 5.91 Å². The fourth-order valence-electron chi connectivity index (χ4n) is 2.30. The second-order valence-electron chi connectivity index (χ2n) is 5.41. The van der Waals surface area contributed by atoms with Crippen LogP contribution in [0.5, 0.6) is 0 Å². The molecule has 0 unspecified atom stereocenters. The van der Waals surface area contributed by atoms with Crippen LogP contribution in [0.2, 0.25) is 5.02 Å². The topological polar surface area (TPSA) is 72.7 Å². The SMILES string of the molecule is C=CCn1c(SCC(=O)Nc2ccc(Br)c(Cl)c2)nnc1-c1ccncc1. The number of hydrogen-bond donors (Lipinski definition) is 1. The van der Waals surface area contributed by atoms with Crippen LogP contribution in [0.15, 0.2) is 65.0 Å². The smallest absolute Gasteiger partial charge is 0.234 e. The highest BCUT2D eigenvalue weighted by Gasteiger charge is 2.15. The standard InChI is InChI=1S/C18H15BrClN5OS/c1-2-9-25-17(12-5-7-21-8-6-12)23-24-18(25)27-11-16(26)22-13-3-4-14(19)15(20)10-13/h2-8,10H,1,9,11H2,(H,22,26). The summed E-state index contributed by atoms with van der Waals surface area (Å²) in [7, 11) is 0. The molecule has 0 aliphatic rings. The minimum absolute atomic E-state index is 0.156. The van der Waals surface area contributed by atoms with Crippen molar-refractivity contribution in [3.05, 3.63) is 64.9 Å². The van der Waals surface area contributed by atoms with Gasteiger partial charge in [0.25, 0.3) is 0 Å². The van der Waals surface area contributed by atoms with Crippen molar-refractivity contribution >= 4 is 50.9 Å². The second-order valence-corrected chi connectivity index (χ2v) is 7.61. The lowest BCUT2D eigenvalue weighted by molar-refractivity contribution is -0.113. The summed E-state index contributed by atoms with van der Waals surface area (Å²) in [6.45, 7) is 4.32. The van der Waals surface area contributed by atoms with E-state index in [0.29, 0.717) is 28.2 Å². The van der Waals surface area contributed by atoms with E-state index in [1.165, 1.54) is 11.8 Å². The Kier molecular flexibility index (Phi) is 6.65. The van der Waals surface area contributed by atoms with Gasteiger partial charge in [-0.15, -0.1) is 16.8 Å². The number of pyridine rings is 1. The minimum Gasteiger partial charge on any atom is -0.325 e. The van der Waals surface area contributed by atoms with E-state index in [9.17, 15) is 4.79 Å². The summed E-state index contributed by atoms with van der Waals surface area (Å²) in [5.74, 6) is 0.746. The van der Waals surface area contributed by atoms with E-state index < -0.39 is 0 Å². The molecule has 138 valence electrons. The zero-order chi connectivity index (χ0) is 19.2. The van der Waals surface area contributed by atoms with Gasteiger partial charge >= 0.3 is 0 Å². The van der Waals surface area contributed by atoms with Crippen molar-refractivity contribution in [2.45, 2.75) is 11.7 Å². The van der Waals surface area contributed by atoms with Crippen LogP contribution in [0.25, 0.3) is 11.4 Å². The van der Waals surface area contributed by atoms with Crippen molar-refractivity contribution in [1.82, 2.24) is 19.7 Å². The van der Waals surface area contributed by atoms with E-state index in [0.717, 1.165) is 10.0 Å². The lowest BCUT2D eigenvalue weighted by atomic mass is 10.2. The predicted octanol–water partition coefficient (Wildman–Crippen LogP) is 4.67. The van der Waals surface area contributed by atoms with Gasteiger partial charge in [0.05, 0.1) is 10.8 Å². The number of allylic oxidation sites excluding steroid dienone is 1. The van der Waals surface area contributed by atoms with E-state index in [1.54, 1.807) is 36.7 Å². The van der Waals surface area contributed by atoms with Gasteiger partial charge in [-0.3, -0.25) is 14.3 Å². The first-order chi connectivity index (χ1) is 13.1. The molecule has 1 aromatic carbocycles. The van der Waals surface area contributed by atoms with Gasteiger partial charge < -0.3 is 5.32 Å². The van der Waals surface area contributed by atoms with Gasteiger partial charge in [-0.25, -0.2) is 0 Å². The third-order valence-electron chi connectivity index (χ3n) is 3.50. The van der Waals surface area contributed by atoms with Crippen LogP contribution in [0.1, 0.15) is 0 Å². The summed E-state index contributed by atoms with van der Waals surface area (Å²) in [5.41, 5.74) is 1.54. The van der Waals surface area contributed by atoms with Crippen molar-refractivity contribution in [3.63, 3.8) is 0 Å². The van der Waals surface area contributed by atoms with Gasteiger partial charge in [-0.1, -0.05) is 29.4 Å². The first kappa shape index (κ1) is 19.6. The average molecular weight is 465 g/mol. The summed E-state index contributed by atoms with van der Waals surface area (Å²) in [6.07, 6.45) is 5.17. The lowest BCUT2D eigenvalue weighted by Crippen LogP contribution is -2.14. The minimum atomic E-state index is -0.156. The third kappa shape index (κ3) is 4.97. The summed E-state index contributed by atoms with van der Waals surface area (Å²) in [5, 5.41) is 12.5. The molecular weight excluding hydrogens is 450 g/mol. The summed E-state index contributed by atoms with van der Waals surface area (Å²) < 4.78 is 2.69. The molecule has 0 saturated heterocycles. The number of thioether (sulfide) groups is 1. The number of rotatable bonds is 7. The predicted molar refractivity (Wildman–Crippen MR) is 112 cm³/mol. The maximum atomic E-state index is 12.3. The zero-order valence-corrected chi connectivity index (χ0v) is 17.3. The number of benzene rings is 1. The van der Waals surface area contributed by atoms with Crippen LogP contribution in [0, 0.1) is 0 Å². The normalized spacial score (nSPS) is 10.6. The molecule has 0 spiro atoms. The maximum absolute atomic E-state index is 12.3. The molecule has 6 nitrogen and oxygen atoms in total. The van der Waals surface area contributed by atoms with Crippen molar-refractivity contribution in [3.8, 4) is 11.4 Å². The largest absolute Gasteiger partial charge is 0.325 e. The highest BCUT2D eigenvalue weighted by atomic mass is 79.9. The molecule has 27 heavy (non-hydrogen) atoms. The monoisotopic (exact) mass is 463 g/mol. The Hall–Kier alpha value is -2.16. The van der Waals surface area contributed by atoms with Crippen molar-refractivity contribution < 1.29 is 4.79 Å². The van der Waals surface area contributed by atoms with Crippen LogP contribution in [-0.4, -0.2) is 31.4 Å². The van der Waals surface area contributed by atoms with Crippen LogP contribution >= 0.6 is 39.3 Å². The Morgan fingerprint density at radius 1 is 1.30 bits per heavy atom. The molecule has 0 radical (unpaired) electrons. The van der Waals surface area contributed by atoms with Gasteiger partial charge in [-0.2, -0.15) is 0 Å². The molecule has 2 heterocycles. The Bertz CT molecular complexity index is 964. The molecule has 3 rings (SSSR count). The Morgan fingerprint density at radius 3 is 2.78 bits per heavy atom.